The van der Waals surface area contributed by atoms with E-state index in [0.29, 0.717) is 5.41 Å². The van der Waals surface area contributed by atoms with Crippen LogP contribution in [0, 0.1) is 11.3 Å². The van der Waals surface area contributed by atoms with Crippen molar-refractivity contribution >= 4 is 12.0 Å². The third-order valence-corrected chi connectivity index (χ3v) is 5.08. The Labute approximate surface area is 128 Å². The first kappa shape index (κ1) is 17.8. The van der Waals surface area contributed by atoms with Crippen LogP contribution in [0.5, 0.6) is 0 Å². The molecule has 0 aromatic rings. The van der Waals surface area contributed by atoms with Crippen LogP contribution in [-0.2, 0) is 4.79 Å². The van der Waals surface area contributed by atoms with Gasteiger partial charge in [0.25, 0.3) is 0 Å². The monoisotopic (exact) mass is 298 g/mol. The molecule has 21 heavy (non-hydrogen) atoms. The maximum Gasteiger partial charge on any atom is 0.317 e. The summed E-state index contributed by atoms with van der Waals surface area (Å²) in [6.45, 7) is 7.15. The molecule has 1 rings (SSSR count). The summed E-state index contributed by atoms with van der Waals surface area (Å²) in [6.07, 6.45) is 5.53. The van der Waals surface area contributed by atoms with Gasteiger partial charge in [-0.25, -0.2) is 4.79 Å². The largest absolute Gasteiger partial charge is 0.481 e. The van der Waals surface area contributed by atoms with Gasteiger partial charge in [0, 0.05) is 19.6 Å². The van der Waals surface area contributed by atoms with Crippen LogP contribution in [0.2, 0.25) is 0 Å². The highest BCUT2D eigenvalue weighted by Gasteiger charge is 2.32. The lowest BCUT2D eigenvalue weighted by Crippen LogP contribution is -2.45. The number of carboxylic acid groups (broad SMARTS) is 1. The Morgan fingerprint density at radius 1 is 1.24 bits per heavy atom. The van der Waals surface area contributed by atoms with Crippen LogP contribution in [0.25, 0.3) is 0 Å². The van der Waals surface area contributed by atoms with E-state index in [1.807, 2.05) is 0 Å². The highest BCUT2D eigenvalue weighted by molar-refractivity contribution is 5.75. The summed E-state index contributed by atoms with van der Waals surface area (Å²) >= 11 is 0. The van der Waals surface area contributed by atoms with Gasteiger partial charge in [-0.2, -0.15) is 0 Å². The zero-order valence-corrected chi connectivity index (χ0v) is 13.8. The number of rotatable bonds is 6. The Bertz CT molecular complexity index is 361. The van der Waals surface area contributed by atoms with Gasteiger partial charge in [0.2, 0.25) is 0 Å². The fourth-order valence-electron chi connectivity index (χ4n) is 2.96. The molecule has 0 atom stereocenters. The van der Waals surface area contributed by atoms with Crippen molar-refractivity contribution in [3.8, 4) is 0 Å². The molecule has 1 aliphatic rings. The van der Waals surface area contributed by atoms with E-state index < -0.39 is 5.97 Å². The quantitative estimate of drug-likeness (QED) is 0.791. The Kier molecular flexibility index (Phi) is 6.49. The van der Waals surface area contributed by atoms with Crippen LogP contribution in [-0.4, -0.2) is 41.6 Å². The molecule has 2 amide bonds. The number of hydrogen-bond acceptors (Lipinski definition) is 2. The zero-order valence-electron chi connectivity index (χ0n) is 13.8. The van der Waals surface area contributed by atoms with Crippen LogP contribution in [0.4, 0.5) is 4.79 Å². The Morgan fingerprint density at radius 2 is 1.81 bits per heavy atom. The average molecular weight is 298 g/mol. The normalized spacial score (nSPS) is 22.7. The molecule has 0 bridgehead atoms. The molecule has 0 spiro atoms. The van der Waals surface area contributed by atoms with Crippen LogP contribution in [0.1, 0.15) is 59.3 Å². The second-order valence-corrected chi connectivity index (χ2v) is 6.91. The van der Waals surface area contributed by atoms with Crippen LogP contribution in [0.15, 0.2) is 0 Å². The predicted octanol–water partition coefficient (Wildman–Crippen LogP) is 3.10. The van der Waals surface area contributed by atoms with Gasteiger partial charge in [-0.3, -0.25) is 4.79 Å². The standard InChI is InChI=1S/C16H30N2O3/c1-5-16(2,3)12-6-8-13(9-7-12)17-15(21)18(4)11-10-14(19)20/h12-13H,5-11H2,1-4H3,(H,17,21)(H,19,20). The van der Waals surface area contributed by atoms with Crippen molar-refractivity contribution in [1.29, 1.82) is 0 Å². The molecular weight excluding hydrogens is 268 g/mol. The van der Waals surface area contributed by atoms with Crippen molar-refractivity contribution < 1.29 is 14.7 Å². The van der Waals surface area contributed by atoms with Gasteiger partial charge in [0.05, 0.1) is 6.42 Å². The van der Waals surface area contributed by atoms with Crippen molar-refractivity contribution in [3.63, 3.8) is 0 Å². The SMILES string of the molecule is CCC(C)(C)C1CCC(NC(=O)N(C)CCC(=O)O)CC1. The number of carbonyl (C=O) groups excluding carboxylic acids is 1. The van der Waals surface area contributed by atoms with Gasteiger partial charge in [0.1, 0.15) is 0 Å². The lowest BCUT2D eigenvalue weighted by molar-refractivity contribution is -0.137. The number of carboxylic acids is 1. The number of carbonyl (C=O) groups is 2. The molecule has 2 N–H and O–H groups in total. The van der Waals surface area contributed by atoms with E-state index in [1.165, 1.54) is 11.3 Å². The zero-order chi connectivity index (χ0) is 16.0. The fourth-order valence-corrected chi connectivity index (χ4v) is 2.96. The average Bonchev–Trinajstić information content (AvgIpc) is 2.45. The van der Waals surface area contributed by atoms with E-state index in [2.05, 4.69) is 26.1 Å². The Balaban J connectivity index is 2.35. The molecule has 0 radical (unpaired) electrons. The summed E-state index contributed by atoms with van der Waals surface area (Å²) in [7, 11) is 1.64. The summed E-state index contributed by atoms with van der Waals surface area (Å²) in [5.41, 5.74) is 0.382. The van der Waals surface area contributed by atoms with Gasteiger partial charge in [0.15, 0.2) is 0 Å². The number of nitrogens with one attached hydrogen (secondary N) is 1. The van der Waals surface area contributed by atoms with E-state index in [0.717, 1.165) is 31.6 Å². The number of hydrogen-bond donors (Lipinski definition) is 2. The summed E-state index contributed by atoms with van der Waals surface area (Å²) in [6, 6.07) is 0.0723. The smallest absolute Gasteiger partial charge is 0.317 e. The van der Waals surface area contributed by atoms with E-state index in [-0.39, 0.29) is 25.0 Å². The molecule has 1 aliphatic carbocycles. The summed E-state index contributed by atoms with van der Waals surface area (Å²) < 4.78 is 0. The molecule has 1 saturated carbocycles. The first-order valence-electron chi connectivity index (χ1n) is 7.99. The third-order valence-electron chi connectivity index (χ3n) is 5.08. The molecule has 5 nitrogen and oxygen atoms in total. The minimum atomic E-state index is -0.878. The van der Waals surface area contributed by atoms with Gasteiger partial charge < -0.3 is 15.3 Å². The van der Waals surface area contributed by atoms with Gasteiger partial charge in [-0.1, -0.05) is 27.2 Å². The second kappa shape index (κ2) is 7.66. The summed E-state index contributed by atoms with van der Waals surface area (Å²) in [5.74, 6) is -0.141. The third kappa shape index (κ3) is 5.56. The molecule has 0 aromatic heterocycles. The van der Waals surface area contributed by atoms with Crippen molar-refractivity contribution in [3.05, 3.63) is 0 Å². The molecule has 122 valence electrons. The lowest BCUT2D eigenvalue weighted by Gasteiger charge is -2.39. The van der Waals surface area contributed by atoms with Gasteiger partial charge >= 0.3 is 12.0 Å². The highest BCUT2D eigenvalue weighted by Crippen LogP contribution is 2.40. The molecule has 0 saturated heterocycles. The minimum Gasteiger partial charge on any atom is -0.481 e. The number of aliphatic carboxylic acids is 1. The van der Waals surface area contributed by atoms with Crippen molar-refractivity contribution in [2.24, 2.45) is 11.3 Å². The molecule has 0 aromatic carbocycles. The maximum atomic E-state index is 12.0. The highest BCUT2D eigenvalue weighted by atomic mass is 16.4. The van der Waals surface area contributed by atoms with Crippen molar-refractivity contribution in [1.82, 2.24) is 10.2 Å². The first-order chi connectivity index (χ1) is 9.76. The van der Waals surface area contributed by atoms with Crippen LogP contribution in [0.3, 0.4) is 0 Å². The number of urea groups is 1. The van der Waals surface area contributed by atoms with Crippen LogP contribution < -0.4 is 5.32 Å². The molecule has 1 fully saturated rings. The summed E-state index contributed by atoms with van der Waals surface area (Å²) in [5, 5.41) is 11.7. The van der Waals surface area contributed by atoms with Gasteiger partial charge in [-0.05, 0) is 37.0 Å². The molecule has 0 heterocycles. The fraction of sp³-hybridized carbons (Fsp3) is 0.875. The number of nitrogens with zero attached hydrogens (tertiary/aromatic N) is 1. The molecule has 5 heteroatoms. The van der Waals surface area contributed by atoms with E-state index in [4.69, 9.17) is 5.11 Å². The molecule has 0 unspecified atom stereocenters. The predicted molar refractivity (Wildman–Crippen MR) is 83.2 cm³/mol. The van der Waals surface area contributed by atoms with Gasteiger partial charge in [-0.15, -0.1) is 0 Å². The molecular formula is C16H30N2O3. The van der Waals surface area contributed by atoms with Crippen molar-refractivity contribution in [2.45, 2.75) is 65.3 Å². The summed E-state index contributed by atoms with van der Waals surface area (Å²) in [4.78, 5) is 24.0. The van der Waals surface area contributed by atoms with E-state index in [1.54, 1.807) is 7.05 Å². The van der Waals surface area contributed by atoms with E-state index in [9.17, 15) is 9.59 Å². The number of amides is 2. The van der Waals surface area contributed by atoms with Crippen molar-refractivity contribution in [2.75, 3.05) is 13.6 Å². The Hall–Kier alpha value is -1.26. The Morgan fingerprint density at radius 3 is 2.29 bits per heavy atom. The lowest BCUT2D eigenvalue weighted by atomic mass is 9.69. The topological polar surface area (TPSA) is 69.6 Å². The maximum absolute atomic E-state index is 12.0. The van der Waals surface area contributed by atoms with Crippen LogP contribution >= 0.6 is 0 Å². The van der Waals surface area contributed by atoms with E-state index >= 15 is 0 Å². The first-order valence-corrected chi connectivity index (χ1v) is 7.99. The second-order valence-electron chi connectivity index (χ2n) is 6.91. The molecule has 0 aliphatic heterocycles. The minimum absolute atomic E-state index is 0.0125.